The molecular formula is C18H22N4O2. The number of rotatable bonds is 3. The molecule has 1 aromatic heterocycles. The molecule has 2 atom stereocenters. The molecule has 6 nitrogen and oxygen atoms in total. The first-order chi connectivity index (χ1) is 11.6. The number of likely N-dealkylation sites (tertiary alicyclic amines) is 1. The van der Waals surface area contributed by atoms with Crippen LogP contribution in [-0.2, 0) is 4.74 Å². The average Bonchev–Trinajstić information content (AvgIpc) is 3.30. The molecule has 0 unspecified atom stereocenters. The van der Waals surface area contributed by atoms with Crippen molar-refractivity contribution in [1.82, 2.24) is 14.9 Å². The standard InChI is InChI=1S/C18H22N4O2/c1-13-3-2-4-14(7-13)21-15-8-18(24-10-15)5-6-22(11-18)17(23)16-9-19-12-20-16/h2-4,7,9,12,15,21H,5-6,8,10-11H2,1H3,(H,19,20)/t15-,18-/m1/s1. The van der Waals surface area contributed by atoms with Gasteiger partial charge in [-0.1, -0.05) is 12.1 Å². The number of hydrogen-bond donors (Lipinski definition) is 2. The lowest BCUT2D eigenvalue weighted by Crippen LogP contribution is -2.36. The van der Waals surface area contributed by atoms with E-state index < -0.39 is 0 Å². The Morgan fingerprint density at radius 1 is 1.50 bits per heavy atom. The first kappa shape index (κ1) is 15.2. The van der Waals surface area contributed by atoms with Gasteiger partial charge >= 0.3 is 0 Å². The van der Waals surface area contributed by atoms with Crippen molar-refractivity contribution in [3.05, 3.63) is 48.0 Å². The molecule has 1 aromatic carbocycles. The van der Waals surface area contributed by atoms with E-state index in [4.69, 9.17) is 4.74 Å². The van der Waals surface area contributed by atoms with Crippen LogP contribution in [0.15, 0.2) is 36.8 Å². The van der Waals surface area contributed by atoms with Crippen molar-refractivity contribution in [1.29, 1.82) is 0 Å². The predicted molar refractivity (Wildman–Crippen MR) is 91.0 cm³/mol. The number of benzene rings is 1. The zero-order valence-corrected chi connectivity index (χ0v) is 13.8. The monoisotopic (exact) mass is 326 g/mol. The lowest BCUT2D eigenvalue weighted by atomic mass is 9.97. The van der Waals surface area contributed by atoms with Gasteiger partial charge < -0.3 is 19.9 Å². The largest absolute Gasteiger partial charge is 0.380 e. The Morgan fingerprint density at radius 3 is 3.21 bits per heavy atom. The molecule has 0 bridgehead atoms. The Bertz CT molecular complexity index is 730. The highest BCUT2D eigenvalue weighted by atomic mass is 16.5. The van der Waals surface area contributed by atoms with Crippen LogP contribution < -0.4 is 5.32 Å². The minimum absolute atomic E-state index is 0.00284. The van der Waals surface area contributed by atoms with Crippen LogP contribution in [0.25, 0.3) is 0 Å². The van der Waals surface area contributed by atoms with Crippen LogP contribution in [-0.4, -0.2) is 52.1 Å². The van der Waals surface area contributed by atoms with E-state index >= 15 is 0 Å². The lowest BCUT2D eigenvalue weighted by Gasteiger charge is -2.23. The van der Waals surface area contributed by atoms with Gasteiger partial charge in [-0.2, -0.15) is 0 Å². The van der Waals surface area contributed by atoms with E-state index in [0.717, 1.165) is 25.1 Å². The maximum Gasteiger partial charge on any atom is 0.272 e. The second-order valence-corrected chi connectivity index (χ2v) is 6.85. The van der Waals surface area contributed by atoms with Crippen molar-refractivity contribution >= 4 is 11.6 Å². The Labute approximate surface area is 141 Å². The maximum absolute atomic E-state index is 12.4. The Morgan fingerprint density at radius 2 is 2.42 bits per heavy atom. The number of nitrogens with zero attached hydrogens (tertiary/aromatic N) is 2. The third kappa shape index (κ3) is 2.89. The van der Waals surface area contributed by atoms with E-state index in [9.17, 15) is 4.79 Å². The molecular weight excluding hydrogens is 304 g/mol. The number of aryl methyl sites for hydroxylation is 1. The Hall–Kier alpha value is -2.34. The number of anilines is 1. The van der Waals surface area contributed by atoms with Crippen molar-refractivity contribution in [2.24, 2.45) is 0 Å². The fourth-order valence-electron chi connectivity index (χ4n) is 3.75. The molecule has 3 heterocycles. The van der Waals surface area contributed by atoms with Crippen LogP contribution in [0, 0.1) is 6.92 Å². The SMILES string of the molecule is Cc1cccc(N[C@H]2CO[C@]3(CCN(C(=O)c4cnc[nH]4)C3)C2)c1. The molecule has 0 radical (unpaired) electrons. The molecule has 126 valence electrons. The summed E-state index contributed by atoms with van der Waals surface area (Å²) in [5, 5.41) is 3.56. The summed E-state index contributed by atoms with van der Waals surface area (Å²) in [7, 11) is 0. The van der Waals surface area contributed by atoms with Gasteiger partial charge in [0.25, 0.3) is 5.91 Å². The zero-order valence-electron chi connectivity index (χ0n) is 13.8. The molecule has 2 aliphatic heterocycles. The number of ether oxygens (including phenoxy) is 1. The smallest absolute Gasteiger partial charge is 0.272 e. The molecule has 0 saturated carbocycles. The predicted octanol–water partition coefficient (Wildman–Crippen LogP) is 2.20. The van der Waals surface area contributed by atoms with E-state index in [1.165, 1.54) is 11.9 Å². The van der Waals surface area contributed by atoms with Gasteiger partial charge in [-0.3, -0.25) is 4.79 Å². The summed E-state index contributed by atoms with van der Waals surface area (Å²) in [4.78, 5) is 21.1. The van der Waals surface area contributed by atoms with Crippen molar-refractivity contribution in [2.45, 2.75) is 31.4 Å². The molecule has 24 heavy (non-hydrogen) atoms. The summed E-state index contributed by atoms with van der Waals surface area (Å²) in [5.41, 5.74) is 2.70. The molecule has 2 fully saturated rings. The number of hydrogen-bond acceptors (Lipinski definition) is 4. The summed E-state index contributed by atoms with van der Waals surface area (Å²) >= 11 is 0. The molecule has 2 N–H and O–H groups in total. The quantitative estimate of drug-likeness (QED) is 0.907. The van der Waals surface area contributed by atoms with E-state index in [-0.39, 0.29) is 17.6 Å². The molecule has 2 saturated heterocycles. The van der Waals surface area contributed by atoms with Gasteiger partial charge in [-0.05, 0) is 31.0 Å². The third-order valence-electron chi connectivity index (χ3n) is 4.93. The van der Waals surface area contributed by atoms with Gasteiger partial charge in [-0.25, -0.2) is 4.98 Å². The highest BCUT2D eigenvalue weighted by Gasteiger charge is 2.47. The number of amides is 1. The van der Waals surface area contributed by atoms with Crippen LogP contribution in [0.2, 0.25) is 0 Å². The van der Waals surface area contributed by atoms with E-state index in [1.54, 1.807) is 6.20 Å². The number of imidazole rings is 1. The molecule has 2 aliphatic rings. The van der Waals surface area contributed by atoms with Crippen molar-refractivity contribution < 1.29 is 9.53 Å². The maximum atomic E-state index is 12.4. The van der Waals surface area contributed by atoms with Gasteiger partial charge in [0, 0.05) is 18.7 Å². The highest BCUT2D eigenvalue weighted by Crippen LogP contribution is 2.36. The minimum atomic E-state index is -0.211. The number of carbonyl (C=O) groups is 1. The first-order valence-corrected chi connectivity index (χ1v) is 8.38. The van der Waals surface area contributed by atoms with Crippen LogP contribution in [0.5, 0.6) is 0 Å². The van der Waals surface area contributed by atoms with Gasteiger partial charge in [0.05, 0.1) is 37.3 Å². The average molecular weight is 326 g/mol. The molecule has 2 aromatic rings. The topological polar surface area (TPSA) is 70.2 Å². The van der Waals surface area contributed by atoms with Crippen LogP contribution >= 0.6 is 0 Å². The second-order valence-electron chi connectivity index (χ2n) is 6.85. The minimum Gasteiger partial charge on any atom is -0.380 e. The summed E-state index contributed by atoms with van der Waals surface area (Å²) in [6.07, 6.45) is 4.92. The fourth-order valence-corrected chi connectivity index (χ4v) is 3.75. The summed E-state index contributed by atoms with van der Waals surface area (Å²) in [5.74, 6) is 0.00284. The number of aromatic amines is 1. The normalized spacial score (nSPS) is 26.2. The van der Waals surface area contributed by atoms with Crippen molar-refractivity contribution in [3.8, 4) is 0 Å². The van der Waals surface area contributed by atoms with Gasteiger partial charge in [-0.15, -0.1) is 0 Å². The fraction of sp³-hybridized carbons (Fsp3) is 0.444. The lowest BCUT2D eigenvalue weighted by molar-refractivity contribution is 0.0124. The number of H-pyrrole nitrogens is 1. The molecule has 0 aliphatic carbocycles. The van der Waals surface area contributed by atoms with Crippen LogP contribution in [0.1, 0.15) is 28.9 Å². The van der Waals surface area contributed by atoms with Crippen molar-refractivity contribution in [3.63, 3.8) is 0 Å². The summed E-state index contributed by atoms with van der Waals surface area (Å²) in [6, 6.07) is 8.67. The molecule has 1 spiro atoms. The Kier molecular flexibility index (Phi) is 3.76. The highest BCUT2D eigenvalue weighted by molar-refractivity contribution is 5.92. The summed E-state index contributed by atoms with van der Waals surface area (Å²) < 4.78 is 6.13. The zero-order chi connectivity index (χ0) is 16.6. The molecule has 4 rings (SSSR count). The van der Waals surface area contributed by atoms with E-state index in [0.29, 0.717) is 18.8 Å². The van der Waals surface area contributed by atoms with E-state index in [1.807, 2.05) is 4.90 Å². The van der Waals surface area contributed by atoms with Crippen LogP contribution in [0.3, 0.4) is 0 Å². The third-order valence-corrected chi connectivity index (χ3v) is 4.93. The van der Waals surface area contributed by atoms with Gasteiger partial charge in [0.2, 0.25) is 0 Å². The van der Waals surface area contributed by atoms with Crippen LogP contribution in [0.4, 0.5) is 5.69 Å². The molecule has 6 heteroatoms. The Balaban J connectivity index is 1.39. The van der Waals surface area contributed by atoms with Crippen molar-refractivity contribution in [2.75, 3.05) is 25.0 Å². The van der Waals surface area contributed by atoms with Gasteiger partial charge in [0.15, 0.2) is 0 Å². The number of nitrogens with one attached hydrogen (secondary N) is 2. The number of carbonyl (C=O) groups excluding carboxylic acids is 1. The first-order valence-electron chi connectivity index (χ1n) is 8.38. The van der Waals surface area contributed by atoms with E-state index in [2.05, 4.69) is 46.5 Å². The van der Waals surface area contributed by atoms with Gasteiger partial charge in [0.1, 0.15) is 5.69 Å². The number of aromatic nitrogens is 2. The summed E-state index contributed by atoms with van der Waals surface area (Å²) in [6.45, 7) is 4.15. The second kappa shape index (κ2) is 5.94. The molecule has 1 amide bonds.